The van der Waals surface area contributed by atoms with Gasteiger partial charge in [0.2, 0.25) is 6.29 Å². The van der Waals surface area contributed by atoms with Gasteiger partial charge < -0.3 is 202 Å². The first-order valence-corrected chi connectivity index (χ1v) is 47.7. The second-order valence-corrected chi connectivity index (χ2v) is 42.1. The summed E-state index contributed by atoms with van der Waals surface area (Å²) in [4.78, 5) is 58.8. The van der Waals surface area contributed by atoms with Gasteiger partial charge in [-0.15, -0.1) is 0 Å². The van der Waals surface area contributed by atoms with Gasteiger partial charge in [-0.2, -0.15) is 0 Å². The first kappa shape index (κ1) is 109. The number of ether oxygens (including phenoxy) is 18. The monoisotopic (exact) mass is 1940 g/mol. The van der Waals surface area contributed by atoms with Crippen molar-refractivity contribution in [3.8, 4) is 0 Å². The summed E-state index contributed by atoms with van der Waals surface area (Å²) < 4.78 is 109. The third-order valence-electron chi connectivity index (χ3n) is 32.9. The van der Waals surface area contributed by atoms with Crippen molar-refractivity contribution in [1.82, 2.24) is 0 Å². The van der Waals surface area contributed by atoms with Crippen LogP contribution in [0.3, 0.4) is 0 Å². The molecule has 0 spiro atoms. The van der Waals surface area contributed by atoms with Crippen molar-refractivity contribution in [2.24, 2.45) is 62.1 Å². The van der Waals surface area contributed by atoms with Crippen molar-refractivity contribution < 1.29 is 217 Å². The predicted molar refractivity (Wildman–Crippen MR) is 451 cm³/mol. The van der Waals surface area contributed by atoms with Crippen LogP contribution in [0.25, 0.3) is 0 Å². The van der Waals surface area contributed by atoms with E-state index in [1.54, 1.807) is 20.8 Å². The summed E-state index contributed by atoms with van der Waals surface area (Å²) in [5.41, 5.74) is -7.15. The smallest absolute Gasteiger partial charge is 0.317 e. The molecule has 0 aromatic heterocycles. The molecule has 19 unspecified atom stereocenters. The van der Waals surface area contributed by atoms with Gasteiger partial charge >= 0.3 is 17.9 Å². The first-order valence-electron chi connectivity index (χ1n) is 47.7. The highest BCUT2D eigenvalue weighted by Gasteiger charge is 2.74. The predicted octanol–water partition coefficient (Wildman–Crippen LogP) is -5.14. The lowest BCUT2D eigenvalue weighted by Gasteiger charge is -2.71. The normalized spacial score (nSPS) is 49.0. The number of carbonyl (C=O) groups is 4. The molecule has 135 heavy (non-hydrogen) atoms. The molecule has 13 rings (SSSR count). The quantitative estimate of drug-likeness (QED) is 0.00942. The fourth-order valence-corrected chi connectivity index (χ4v) is 23.9. The van der Waals surface area contributed by atoms with Gasteiger partial charge in [0.05, 0.1) is 107 Å². The zero-order valence-corrected chi connectivity index (χ0v) is 78.4. The minimum atomic E-state index is -2.19. The maximum atomic E-state index is 16.3. The Morgan fingerprint density at radius 3 is 1.67 bits per heavy atom. The molecule has 50 atom stereocenters. The molecule has 0 bridgehead atoms. The van der Waals surface area contributed by atoms with Crippen molar-refractivity contribution in [2.75, 3.05) is 46.2 Å². The van der Waals surface area contributed by atoms with Gasteiger partial charge in [0.15, 0.2) is 56.2 Å². The third-order valence-corrected chi connectivity index (χ3v) is 32.9. The maximum Gasteiger partial charge on any atom is 0.317 e. The summed E-state index contributed by atoms with van der Waals surface area (Å²) in [6.45, 7) is 17.7. The van der Waals surface area contributed by atoms with Gasteiger partial charge in [-0.05, 0) is 123 Å². The SMILES string of the molecule is CC[C@H](C)[C@H](C[C@H](O)CC(=O)O[C@H]1C(C)O[C@@H](OC(=O)[C@]23CCC(C)(C)CC2C2=CCC4C5(C)CC[C@H](O[C@@H]6OC[C@@H](O)[C@H](O[C@@H]7OC[C@@H](O)[C@H](O)C7O)C6O[C@@H]6OC(CO)[C@H](O)[C@H](O)C6O)[C@](C)(C=O)[C@@H]5CC[C@]4(C)[C@]2(C)CC3O)C(O[C@@H]2OC(C)[C@H](O[C@@H]3OC[C@@H](O)C(O[C@@H]4OC[C@@](O)(CO)C4O)C3O)C(O)C2O)C1O)OC(=O)C[C@@H](O)C[C@H](O[C@@H]1O[C@@H](CO)C(O)C1O)[C@@H](C)CC. The van der Waals surface area contributed by atoms with E-state index in [2.05, 4.69) is 40.7 Å². The van der Waals surface area contributed by atoms with Gasteiger partial charge in [0, 0.05) is 12.8 Å². The molecule has 44 nitrogen and oxygen atoms in total. The molecule has 776 valence electrons. The number of allylic oxidation sites excluding steroid dienone is 2. The second-order valence-electron chi connectivity index (χ2n) is 42.1. The van der Waals surface area contributed by atoms with E-state index in [1.807, 2.05) is 13.8 Å². The lowest BCUT2D eigenvalue weighted by molar-refractivity contribution is -0.384. The van der Waals surface area contributed by atoms with Gasteiger partial charge in [-0.25, -0.2) is 0 Å². The van der Waals surface area contributed by atoms with Crippen LogP contribution in [0.15, 0.2) is 11.6 Å². The molecular weight excluding hydrogens is 1800 g/mol. The lowest BCUT2D eigenvalue weighted by atomic mass is 9.33. The van der Waals surface area contributed by atoms with Gasteiger partial charge in [-0.3, -0.25) is 14.4 Å². The van der Waals surface area contributed by atoms with E-state index < -0.39 is 372 Å². The summed E-state index contributed by atoms with van der Waals surface area (Å²) in [6, 6.07) is 0. The van der Waals surface area contributed by atoms with Crippen LogP contribution in [-0.4, -0.2) is 428 Å². The van der Waals surface area contributed by atoms with Crippen LogP contribution in [0.2, 0.25) is 0 Å². The topological polar surface area (TPSA) is 679 Å². The van der Waals surface area contributed by atoms with Gasteiger partial charge in [-0.1, -0.05) is 93.7 Å². The number of aliphatic hydroxyl groups excluding tert-OH is 21. The number of aliphatic hydroxyl groups is 22. The highest BCUT2D eigenvalue weighted by molar-refractivity contribution is 5.80. The molecule has 13 aliphatic rings. The Kier molecular flexibility index (Phi) is 34.9. The molecule has 22 N–H and O–H groups in total. The Balaban J connectivity index is 0.739. The van der Waals surface area contributed by atoms with Crippen LogP contribution >= 0.6 is 0 Å². The molecule has 0 aromatic rings. The molecule has 12 fully saturated rings. The Morgan fingerprint density at radius 1 is 0.496 bits per heavy atom. The van der Waals surface area contributed by atoms with Crippen LogP contribution < -0.4 is 0 Å². The fraction of sp³-hybridized carbons (Fsp3) is 0.934. The van der Waals surface area contributed by atoms with Crippen molar-refractivity contribution in [3.63, 3.8) is 0 Å². The van der Waals surface area contributed by atoms with E-state index in [-0.39, 0.29) is 43.9 Å². The summed E-state index contributed by atoms with van der Waals surface area (Å²) in [5.74, 6) is -5.14. The van der Waals surface area contributed by atoms with E-state index in [0.717, 1.165) is 11.9 Å². The zero-order chi connectivity index (χ0) is 98.9. The minimum absolute atomic E-state index is 0.00868. The Labute approximate surface area is 782 Å². The highest BCUT2D eigenvalue weighted by atomic mass is 16.8. The minimum Gasteiger partial charge on any atom is -0.462 e. The van der Waals surface area contributed by atoms with Gasteiger partial charge in [0.25, 0.3) is 0 Å². The number of hydrogen-bond donors (Lipinski definition) is 22. The molecule has 8 saturated heterocycles. The fourth-order valence-electron chi connectivity index (χ4n) is 23.9. The largest absolute Gasteiger partial charge is 0.462 e. The van der Waals surface area contributed by atoms with E-state index >= 15 is 4.79 Å². The summed E-state index contributed by atoms with van der Waals surface area (Å²) in [5, 5.41) is 245. The van der Waals surface area contributed by atoms with Crippen molar-refractivity contribution in [2.45, 2.75) is 425 Å². The van der Waals surface area contributed by atoms with Crippen LogP contribution in [0, 0.1) is 62.1 Å². The molecule has 4 saturated carbocycles. The molecule has 44 heteroatoms. The third kappa shape index (κ3) is 21.2. The number of carbonyl (C=O) groups excluding carboxylic acids is 4. The Bertz CT molecular complexity index is 3950. The standard InChI is InChI=1S/C91H148O44/c1-13-37(3)48(124-56(102)25-42(97)24-49(38(4)14-2)125-79-64(110)60(106)51(30-93)126-79)23-41(96)26-57(103)129-70-40(6)123-82(73(67(70)113)133-78-66(112)62(108)69(39(5)122-78)130-77-68(114)71(46(99)32-119-77)131-83-75(115)90(117,35-95)36-121-83)135-84(116)91-22-21-85(7,8)27-44(91)43-15-16-53-86(9)19-18-55(87(10,34-94)52(86)17-20-88(53,11)89(43,12)28-54(91)101)128-81-74(134-80-65(111)61(107)59(105)50(29-92)127-80)72(47(100)33-120-81)132-76-63(109)58(104)45(98)31-118-76/h15,34,37-42,44-55,58-83,92-93,95-101,104-115,117H,13-14,16-33,35-36H2,1-12H3/t37-,38-,39?,40?,41-,42-,44?,45+,46+,47+,48-,49-,50?,51-,52+,53?,54?,55-,58-,59-,60?,61-,62?,63?,64?,65?,66?,67?,68?,69-,70-,71?,72-,73?,74?,75?,76-,77-,78-,79+,80-,81-,82-,83-,86?,87+,88-,89+,90-,91+/m0/s1. The molecule has 0 radical (unpaired) electrons. The van der Waals surface area contributed by atoms with Gasteiger partial charge in [0.1, 0.15) is 152 Å². The number of hydrogen-bond acceptors (Lipinski definition) is 44. The summed E-state index contributed by atoms with van der Waals surface area (Å²) in [7, 11) is 0. The second kappa shape index (κ2) is 43.3. The van der Waals surface area contributed by atoms with E-state index in [1.165, 1.54) is 13.8 Å². The molecule has 8 aliphatic heterocycles. The summed E-state index contributed by atoms with van der Waals surface area (Å²) >= 11 is 0. The first-order chi connectivity index (χ1) is 63.5. The number of rotatable bonds is 34. The van der Waals surface area contributed by atoms with Crippen molar-refractivity contribution in [3.05, 3.63) is 11.6 Å². The zero-order valence-electron chi connectivity index (χ0n) is 78.4. The number of fused-ring (bicyclic) bond motifs is 7. The Hall–Kier alpha value is -3.66. The van der Waals surface area contributed by atoms with Crippen LogP contribution in [0.5, 0.6) is 0 Å². The van der Waals surface area contributed by atoms with E-state index in [4.69, 9.17) is 85.3 Å². The lowest BCUT2D eigenvalue weighted by Crippen LogP contribution is -2.69. The van der Waals surface area contributed by atoms with Crippen LogP contribution in [0.1, 0.15) is 179 Å². The molecule has 0 aromatic carbocycles. The van der Waals surface area contributed by atoms with E-state index in [0.29, 0.717) is 51.4 Å². The Morgan fingerprint density at radius 2 is 1.03 bits per heavy atom. The molecule has 5 aliphatic carbocycles. The number of aldehydes is 1. The van der Waals surface area contributed by atoms with Crippen molar-refractivity contribution >= 4 is 24.2 Å². The molecule has 8 heterocycles. The van der Waals surface area contributed by atoms with Crippen molar-refractivity contribution in [1.29, 1.82) is 0 Å². The average Bonchev–Trinajstić information content (AvgIpc) is 0.905. The highest BCUT2D eigenvalue weighted by Crippen LogP contribution is 2.76. The summed E-state index contributed by atoms with van der Waals surface area (Å²) in [6.07, 6.45) is -59.8. The number of esters is 3. The maximum absolute atomic E-state index is 16.3. The molecule has 0 amide bonds. The molecular formula is C91H148O44. The van der Waals surface area contributed by atoms with Crippen LogP contribution in [-0.2, 0) is 104 Å². The average molecular weight is 1950 g/mol. The van der Waals surface area contributed by atoms with Crippen LogP contribution in [0.4, 0.5) is 0 Å². The van der Waals surface area contributed by atoms with E-state index in [9.17, 15) is 127 Å².